The van der Waals surface area contributed by atoms with Gasteiger partial charge in [-0.1, -0.05) is 12.1 Å². The number of Topliss-reactive ketones (excluding diaryl/α,β-unsaturated/α-hetero) is 1. The summed E-state index contributed by atoms with van der Waals surface area (Å²) >= 11 is 3.32. The largest absolute Gasteiger partial charge is 0.496 e. The van der Waals surface area contributed by atoms with Gasteiger partial charge in [0.25, 0.3) is 17.5 Å². The lowest BCUT2D eigenvalue weighted by atomic mass is 10.1. The van der Waals surface area contributed by atoms with Crippen LogP contribution in [0.4, 0.5) is 11.4 Å². The normalized spacial score (nSPS) is 10.9. The minimum Gasteiger partial charge on any atom is -0.496 e. The molecule has 0 aliphatic heterocycles. The van der Waals surface area contributed by atoms with Crippen LogP contribution in [0.1, 0.15) is 33.2 Å². The van der Waals surface area contributed by atoms with Crippen LogP contribution >= 0.6 is 15.9 Å². The van der Waals surface area contributed by atoms with Gasteiger partial charge < -0.3 is 15.4 Å². The Morgan fingerprint density at radius 3 is 2.31 bits per heavy atom. The van der Waals surface area contributed by atoms with E-state index in [4.69, 9.17) is 4.74 Å². The van der Waals surface area contributed by atoms with Crippen LogP contribution in [0.3, 0.4) is 0 Å². The third-order valence-corrected chi connectivity index (χ3v) is 5.47. The molecule has 3 rings (SSSR count). The first-order chi connectivity index (χ1) is 16.7. The number of nitro groups is 1. The van der Waals surface area contributed by atoms with E-state index in [1.165, 1.54) is 56.5 Å². The van der Waals surface area contributed by atoms with Crippen LogP contribution in [0.15, 0.2) is 76.9 Å². The van der Waals surface area contributed by atoms with Gasteiger partial charge in [0.05, 0.1) is 16.5 Å². The highest BCUT2D eigenvalue weighted by atomic mass is 79.9. The quantitative estimate of drug-likeness (QED) is 0.180. The average molecular weight is 538 g/mol. The number of rotatable bonds is 8. The molecular formula is C25H20BrN3O6. The van der Waals surface area contributed by atoms with Gasteiger partial charge in [-0.15, -0.1) is 0 Å². The Morgan fingerprint density at radius 1 is 1.00 bits per heavy atom. The molecule has 9 nitrogen and oxygen atoms in total. The molecule has 0 radical (unpaired) electrons. The first-order valence-electron chi connectivity index (χ1n) is 10.2. The predicted molar refractivity (Wildman–Crippen MR) is 134 cm³/mol. The molecule has 3 aromatic rings. The second kappa shape index (κ2) is 11.2. The molecule has 0 fully saturated rings. The number of hydrogen-bond acceptors (Lipinski definition) is 6. The third kappa shape index (κ3) is 6.61. The first kappa shape index (κ1) is 25.3. The Kier molecular flexibility index (Phi) is 8.11. The average Bonchev–Trinajstić information content (AvgIpc) is 2.83. The fourth-order valence-electron chi connectivity index (χ4n) is 3.03. The molecule has 0 spiro atoms. The maximum absolute atomic E-state index is 13.1. The van der Waals surface area contributed by atoms with Crippen molar-refractivity contribution in [3.63, 3.8) is 0 Å². The molecule has 0 saturated heterocycles. The van der Waals surface area contributed by atoms with E-state index in [0.29, 0.717) is 27.0 Å². The van der Waals surface area contributed by atoms with Gasteiger partial charge in [-0.25, -0.2) is 0 Å². The van der Waals surface area contributed by atoms with Crippen LogP contribution < -0.4 is 15.4 Å². The van der Waals surface area contributed by atoms with Gasteiger partial charge >= 0.3 is 0 Å². The number of nitrogens with one attached hydrogen (secondary N) is 2. The Labute approximate surface area is 209 Å². The number of ether oxygens (including phenoxy) is 1. The van der Waals surface area contributed by atoms with Crippen molar-refractivity contribution >= 4 is 51.0 Å². The second-order valence-electron chi connectivity index (χ2n) is 7.30. The summed E-state index contributed by atoms with van der Waals surface area (Å²) in [6.07, 6.45) is 1.39. The Hall–Kier alpha value is -4.31. The summed E-state index contributed by atoms with van der Waals surface area (Å²) in [5.41, 5.74) is 1.27. The van der Waals surface area contributed by atoms with Crippen LogP contribution in [0, 0.1) is 10.1 Å². The number of methoxy groups -OCH3 is 1. The van der Waals surface area contributed by atoms with Crippen LogP contribution in [0.2, 0.25) is 0 Å². The van der Waals surface area contributed by atoms with Crippen molar-refractivity contribution in [3.8, 4) is 5.75 Å². The molecule has 2 amide bonds. The topological polar surface area (TPSA) is 128 Å². The van der Waals surface area contributed by atoms with Crippen molar-refractivity contribution in [2.75, 3.05) is 12.4 Å². The maximum Gasteiger partial charge on any atom is 0.272 e. The van der Waals surface area contributed by atoms with E-state index in [9.17, 15) is 24.5 Å². The monoisotopic (exact) mass is 537 g/mol. The molecule has 10 heteroatoms. The standard InChI is InChI=1S/C25H20BrN3O6/c1-15(30)17-4-3-5-19(13-17)27-25(32)22(12-16-6-9-20(10-7-16)29(33)34)28-24(31)18-8-11-23(35-2)21(26)14-18/h3-14H,1-2H3,(H,27,32)(H,28,31). The zero-order valence-corrected chi connectivity index (χ0v) is 20.3. The zero-order chi connectivity index (χ0) is 25.5. The highest BCUT2D eigenvalue weighted by Crippen LogP contribution is 2.25. The van der Waals surface area contributed by atoms with Gasteiger partial charge in [0.2, 0.25) is 0 Å². The molecule has 178 valence electrons. The fraction of sp³-hybridized carbons (Fsp3) is 0.0800. The smallest absolute Gasteiger partial charge is 0.272 e. The molecule has 0 saturated carbocycles. The molecular weight excluding hydrogens is 518 g/mol. The van der Waals surface area contributed by atoms with Gasteiger partial charge in [0.1, 0.15) is 11.4 Å². The summed E-state index contributed by atoms with van der Waals surface area (Å²) in [4.78, 5) is 48.1. The van der Waals surface area contributed by atoms with Crippen molar-refractivity contribution in [3.05, 3.63) is 104 Å². The summed E-state index contributed by atoms with van der Waals surface area (Å²) in [7, 11) is 1.50. The molecule has 0 aromatic heterocycles. The molecule has 0 aliphatic rings. The Bertz CT molecular complexity index is 1340. The van der Waals surface area contributed by atoms with Crippen LogP contribution in [0.25, 0.3) is 6.08 Å². The second-order valence-corrected chi connectivity index (χ2v) is 8.16. The highest BCUT2D eigenvalue weighted by molar-refractivity contribution is 9.10. The van der Waals surface area contributed by atoms with Crippen molar-refractivity contribution in [2.45, 2.75) is 6.92 Å². The lowest BCUT2D eigenvalue weighted by Crippen LogP contribution is -2.30. The number of nitro benzene ring substituents is 1. The van der Waals surface area contributed by atoms with Crippen LogP contribution in [-0.4, -0.2) is 29.6 Å². The highest BCUT2D eigenvalue weighted by Gasteiger charge is 2.17. The lowest BCUT2D eigenvalue weighted by Gasteiger charge is -2.12. The molecule has 0 aliphatic carbocycles. The summed E-state index contributed by atoms with van der Waals surface area (Å²) in [5.74, 6) is -0.841. The number of non-ortho nitro benzene ring substituents is 1. The van der Waals surface area contributed by atoms with Crippen molar-refractivity contribution < 1.29 is 24.0 Å². The number of benzene rings is 3. The number of amides is 2. The number of hydrogen-bond donors (Lipinski definition) is 2. The number of anilines is 1. The van der Waals surface area contributed by atoms with E-state index >= 15 is 0 Å². The Morgan fingerprint density at radius 2 is 1.71 bits per heavy atom. The molecule has 3 aromatic carbocycles. The van der Waals surface area contributed by atoms with Gasteiger partial charge in [0, 0.05) is 28.9 Å². The van der Waals surface area contributed by atoms with E-state index in [2.05, 4.69) is 26.6 Å². The summed E-state index contributed by atoms with van der Waals surface area (Å²) in [6, 6.07) is 16.6. The van der Waals surface area contributed by atoms with E-state index in [1.54, 1.807) is 30.3 Å². The van der Waals surface area contributed by atoms with Crippen LogP contribution in [-0.2, 0) is 4.79 Å². The molecule has 2 N–H and O–H groups in total. The number of ketones is 1. The van der Waals surface area contributed by atoms with Crippen molar-refractivity contribution in [2.24, 2.45) is 0 Å². The Balaban J connectivity index is 1.93. The van der Waals surface area contributed by atoms with E-state index in [0.717, 1.165) is 0 Å². The predicted octanol–water partition coefficient (Wildman–Crippen LogP) is 4.98. The van der Waals surface area contributed by atoms with Gasteiger partial charge in [-0.05, 0) is 77.0 Å². The van der Waals surface area contributed by atoms with Gasteiger partial charge in [0.15, 0.2) is 5.78 Å². The summed E-state index contributed by atoms with van der Waals surface area (Å²) < 4.78 is 5.73. The number of carbonyl (C=O) groups is 3. The first-order valence-corrected chi connectivity index (χ1v) is 11.0. The minimum atomic E-state index is -0.648. The van der Waals surface area contributed by atoms with E-state index in [1.807, 2.05) is 0 Å². The molecule has 0 atom stereocenters. The number of carbonyl (C=O) groups excluding carboxylic acids is 3. The third-order valence-electron chi connectivity index (χ3n) is 4.85. The molecule has 0 unspecified atom stereocenters. The van der Waals surface area contributed by atoms with E-state index in [-0.39, 0.29) is 22.7 Å². The van der Waals surface area contributed by atoms with Crippen LogP contribution in [0.5, 0.6) is 5.75 Å². The SMILES string of the molecule is COc1ccc(C(=O)NC(=Cc2ccc([N+](=O)[O-])cc2)C(=O)Nc2cccc(C(C)=O)c2)cc1Br. The summed E-state index contributed by atoms with van der Waals surface area (Å²) in [6.45, 7) is 1.41. The van der Waals surface area contributed by atoms with Crippen molar-refractivity contribution in [1.29, 1.82) is 0 Å². The van der Waals surface area contributed by atoms with E-state index < -0.39 is 16.7 Å². The van der Waals surface area contributed by atoms with Crippen molar-refractivity contribution in [1.82, 2.24) is 5.32 Å². The van der Waals surface area contributed by atoms with Gasteiger partial charge in [-0.3, -0.25) is 24.5 Å². The molecule has 0 bridgehead atoms. The maximum atomic E-state index is 13.1. The minimum absolute atomic E-state index is 0.107. The van der Waals surface area contributed by atoms with Gasteiger partial charge in [-0.2, -0.15) is 0 Å². The summed E-state index contributed by atoms with van der Waals surface area (Å²) in [5, 5.41) is 16.2. The molecule has 35 heavy (non-hydrogen) atoms. The lowest BCUT2D eigenvalue weighted by molar-refractivity contribution is -0.384. The fourth-order valence-corrected chi connectivity index (χ4v) is 3.57. The zero-order valence-electron chi connectivity index (χ0n) is 18.7. The number of halogens is 1. The number of nitrogens with zero attached hydrogens (tertiary/aromatic N) is 1. The molecule has 0 heterocycles.